The zero-order valence-corrected chi connectivity index (χ0v) is 6.09. The van der Waals surface area contributed by atoms with E-state index in [-0.39, 0.29) is 5.78 Å². The molecule has 0 aromatic rings. The van der Waals surface area contributed by atoms with Crippen LogP contribution >= 0.6 is 0 Å². The highest BCUT2D eigenvalue weighted by atomic mass is 16.1. The molecule has 0 atom stereocenters. The molecular weight excluding hydrogens is 128 g/mol. The summed E-state index contributed by atoms with van der Waals surface area (Å²) in [5, 5.41) is 0. The first-order chi connectivity index (χ1) is 4.68. The van der Waals surface area contributed by atoms with Crippen LogP contribution in [0.15, 0.2) is 12.2 Å². The quantitative estimate of drug-likeness (QED) is 0.327. The van der Waals surface area contributed by atoms with Gasteiger partial charge in [0.2, 0.25) is 0 Å². The summed E-state index contributed by atoms with van der Waals surface area (Å²) in [4.78, 5) is 20.5. The number of rotatable bonds is 5. The molecule has 1 radical (unpaired) electrons. The van der Waals surface area contributed by atoms with Gasteiger partial charge in [-0.15, -0.1) is 0 Å². The summed E-state index contributed by atoms with van der Waals surface area (Å²) in [5.74, 6) is -0.0677. The summed E-state index contributed by atoms with van der Waals surface area (Å²) >= 11 is 0. The Labute approximate surface area is 60.9 Å². The van der Waals surface area contributed by atoms with E-state index in [1.165, 1.54) is 6.42 Å². The molecule has 0 fully saturated rings. The lowest BCUT2D eigenvalue weighted by molar-refractivity contribution is -0.112. The van der Waals surface area contributed by atoms with E-state index < -0.39 is 0 Å². The van der Waals surface area contributed by atoms with Crippen LogP contribution in [-0.2, 0) is 9.59 Å². The number of unbranched alkanes of at least 4 members (excludes halogenated alkanes) is 1. The summed E-state index contributed by atoms with van der Waals surface area (Å²) in [6.07, 6.45) is 3.22. The molecule has 0 aliphatic rings. The van der Waals surface area contributed by atoms with Gasteiger partial charge in [0, 0.05) is 12.8 Å². The van der Waals surface area contributed by atoms with Gasteiger partial charge >= 0.3 is 0 Å². The summed E-state index contributed by atoms with van der Waals surface area (Å²) in [6, 6.07) is 0. The van der Waals surface area contributed by atoms with E-state index >= 15 is 0 Å². The first-order valence-corrected chi connectivity index (χ1v) is 3.15. The molecule has 0 rings (SSSR count). The predicted molar refractivity (Wildman–Crippen MR) is 39.4 cm³/mol. The number of ketones is 1. The van der Waals surface area contributed by atoms with E-state index in [1.54, 1.807) is 6.92 Å². The van der Waals surface area contributed by atoms with Gasteiger partial charge in [0.1, 0.15) is 6.29 Å². The Balaban J connectivity index is 3.40. The highest BCUT2D eigenvalue weighted by Gasteiger charge is 2.00. The van der Waals surface area contributed by atoms with Crippen molar-refractivity contribution in [1.82, 2.24) is 0 Å². The molecule has 0 heterocycles. The minimum atomic E-state index is -0.0677. The number of carbonyl (C=O) groups is 2. The summed E-state index contributed by atoms with van der Waals surface area (Å²) in [6.45, 7) is 5.12. The largest absolute Gasteiger partial charge is 0.303 e. The molecule has 10 heavy (non-hydrogen) atoms. The standard InChI is InChI=1S/C8H11O2/c1-7(2)8(10)5-3-4-6-9/h5-6H,1,3-4H2,2H3. The normalized spacial score (nSPS) is 8.90. The molecular formula is C8H11O2. The van der Waals surface area contributed by atoms with Gasteiger partial charge in [-0.25, -0.2) is 0 Å². The first kappa shape index (κ1) is 9.08. The Bertz CT molecular complexity index is 147. The van der Waals surface area contributed by atoms with Crippen molar-refractivity contribution in [3.63, 3.8) is 0 Å². The molecule has 0 saturated heterocycles. The highest BCUT2D eigenvalue weighted by Crippen LogP contribution is 1.98. The molecule has 0 aliphatic heterocycles. The van der Waals surface area contributed by atoms with E-state index in [4.69, 9.17) is 0 Å². The van der Waals surface area contributed by atoms with Crippen molar-refractivity contribution in [2.75, 3.05) is 0 Å². The van der Waals surface area contributed by atoms with Gasteiger partial charge in [-0.1, -0.05) is 6.58 Å². The van der Waals surface area contributed by atoms with Gasteiger partial charge in [0.05, 0.1) is 0 Å². The van der Waals surface area contributed by atoms with Crippen molar-refractivity contribution in [1.29, 1.82) is 0 Å². The molecule has 0 aromatic carbocycles. The fourth-order valence-electron chi connectivity index (χ4n) is 0.457. The lowest BCUT2D eigenvalue weighted by atomic mass is 10.1. The van der Waals surface area contributed by atoms with Gasteiger partial charge in [0.25, 0.3) is 0 Å². The average molecular weight is 139 g/mol. The molecule has 0 spiro atoms. The van der Waals surface area contributed by atoms with Gasteiger partial charge in [-0.05, 0) is 18.9 Å². The maximum atomic E-state index is 10.7. The number of hydrogen-bond acceptors (Lipinski definition) is 2. The number of allylic oxidation sites excluding steroid dienone is 1. The number of Topliss-reactive ketones (excluding diaryl/α,β-unsaturated/α-hetero) is 1. The third kappa shape index (κ3) is 4.01. The third-order valence-corrected chi connectivity index (χ3v) is 1.03. The molecule has 0 aliphatic carbocycles. The van der Waals surface area contributed by atoms with Crippen LogP contribution in [0.4, 0.5) is 0 Å². The number of aldehydes is 1. The van der Waals surface area contributed by atoms with Crippen molar-refractivity contribution in [3.8, 4) is 0 Å². The van der Waals surface area contributed by atoms with Crippen molar-refractivity contribution in [2.45, 2.75) is 19.8 Å². The van der Waals surface area contributed by atoms with E-state index in [0.29, 0.717) is 18.4 Å². The predicted octanol–water partition coefficient (Wildman–Crippen LogP) is 1.31. The van der Waals surface area contributed by atoms with Crippen molar-refractivity contribution in [2.24, 2.45) is 0 Å². The van der Waals surface area contributed by atoms with E-state index in [2.05, 4.69) is 6.58 Å². The van der Waals surface area contributed by atoms with E-state index in [1.807, 2.05) is 0 Å². The fraction of sp³-hybridized carbons (Fsp3) is 0.375. The molecule has 55 valence electrons. The van der Waals surface area contributed by atoms with E-state index in [9.17, 15) is 9.59 Å². The molecule has 0 amide bonds. The summed E-state index contributed by atoms with van der Waals surface area (Å²) in [7, 11) is 0. The van der Waals surface area contributed by atoms with Crippen molar-refractivity contribution in [3.05, 3.63) is 18.6 Å². The maximum Gasteiger partial charge on any atom is 0.161 e. The molecule has 0 N–H and O–H groups in total. The Hall–Kier alpha value is -0.920. The van der Waals surface area contributed by atoms with Crippen LogP contribution in [0.25, 0.3) is 0 Å². The minimum Gasteiger partial charge on any atom is -0.303 e. The van der Waals surface area contributed by atoms with Gasteiger partial charge in [-0.3, -0.25) is 4.79 Å². The second-order valence-corrected chi connectivity index (χ2v) is 2.09. The highest BCUT2D eigenvalue weighted by molar-refractivity contribution is 6.00. The van der Waals surface area contributed by atoms with Gasteiger partial charge in [-0.2, -0.15) is 0 Å². The lowest BCUT2D eigenvalue weighted by Crippen LogP contribution is -1.98. The van der Waals surface area contributed by atoms with Crippen LogP contribution < -0.4 is 0 Å². The molecule has 0 aromatic heterocycles. The monoisotopic (exact) mass is 139 g/mol. The van der Waals surface area contributed by atoms with Crippen LogP contribution in [0, 0.1) is 6.42 Å². The lowest BCUT2D eigenvalue weighted by Gasteiger charge is -1.93. The van der Waals surface area contributed by atoms with Crippen molar-refractivity contribution < 1.29 is 9.59 Å². The molecule has 2 heteroatoms. The molecule has 0 saturated carbocycles. The maximum absolute atomic E-state index is 10.7. The Morgan fingerprint density at radius 1 is 1.50 bits per heavy atom. The topological polar surface area (TPSA) is 34.1 Å². The molecule has 0 unspecified atom stereocenters. The van der Waals surface area contributed by atoms with Crippen LogP contribution in [-0.4, -0.2) is 12.1 Å². The van der Waals surface area contributed by atoms with Crippen LogP contribution in [0.5, 0.6) is 0 Å². The van der Waals surface area contributed by atoms with Gasteiger partial charge in [0.15, 0.2) is 5.78 Å². The number of hydrogen-bond donors (Lipinski definition) is 0. The van der Waals surface area contributed by atoms with Crippen LogP contribution in [0.3, 0.4) is 0 Å². The zero-order chi connectivity index (χ0) is 7.98. The van der Waals surface area contributed by atoms with Gasteiger partial charge < -0.3 is 4.79 Å². The number of carbonyl (C=O) groups excluding carboxylic acids is 2. The Morgan fingerprint density at radius 3 is 2.50 bits per heavy atom. The van der Waals surface area contributed by atoms with E-state index in [0.717, 1.165) is 6.29 Å². The SMILES string of the molecule is C=C(C)C(=O)[CH]CCC=O. The summed E-state index contributed by atoms with van der Waals surface area (Å²) < 4.78 is 0. The van der Waals surface area contributed by atoms with Crippen LogP contribution in [0.2, 0.25) is 0 Å². The summed E-state index contributed by atoms with van der Waals surface area (Å²) in [5.41, 5.74) is 0.519. The fourth-order valence-corrected chi connectivity index (χ4v) is 0.457. The molecule has 2 nitrogen and oxygen atoms in total. The Kier molecular flexibility index (Phi) is 4.46. The Morgan fingerprint density at radius 2 is 2.10 bits per heavy atom. The second kappa shape index (κ2) is 4.91. The van der Waals surface area contributed by atoms with Crippen LogP contribution in [0.1, 0.15) is 19.8 Å². The third-order valence-electron chi connectivity index (χ3n) is 1.03. The second-order valence-electron chi connectivity index (χ2n) is 2.09. The van der Waals surface area contributed by atoms with Crippen molar-refractivity contribution >= 4 is 12.1 Å². The molecule has 0 bridgehead atoms. The average Bonchev–Trinajstić information content (AvgIpc) is 1.88. The minimum absolute atomic E-state index is 0.0677. The first-order valence-electron chi connectivity index (χ1n) is 3.15. The zero-order valence-electron chi connectivity index (χ0n) is 6.09. The smallest absolute Gasteiger partial charge is 0.161 e.